The highest BCUT2D eigenvalue weighted by Crippen LogP contribution is 2.19. The second-order valence-electron chi connectivity index (χ2n) is 2.52. The van der Waals surface area contributed by atoms with Gasteiger partial charge in [0.05, 0.1) is 11.9 Å². The lowest BCUT2D eigenvalue weighted by atomic mass is 10.4. The topological polar surface area (TPSA) is 41.1 Å². The van der Waals surface area contributed by atoms with Crippen molar-refractivity contribution in [1.82, 2.24) is 9.97 Å². The molecule has 0 atom stereocenters. The van der Waals surface area contributed by atoms with Gasteiger partial charge < -0.3 is 10.2 Å². The zero-order valence-corrected chi connectivity index (χ0v) is 7.70. The van der Waals surface area contributed by atoms with Gasteiger partial charge in [0.1, 0.15) is 6.33 Å². The third-order valence-corrected chi connectivity index (χ3v) is 1.82. The standard InChI is InChI=1S/C8H14N4/c1-4-12(3)7-5-10-6-11-8(7)9-2/h5-6H,4H2,1-3H3,(H,9,10,11). The van der Waals surface area contributed by atoms with Crippen molar-refractivity contribution >= 4 is 11.5 Å². The van der Waals surface area contributed by atoms with E-state index in [0.29, 0.717) is 0 Å². The van der Waals surface area contributed by atoms with Crippen LogP contribution in [0.3, 0.4) is 0 Å². The van der Waals surface area contributed by atoms with Crippen LogP contribution in [0.2, 0.25) is 0 Å². The van der Waals surface area contributed by atoms with E-state index in [2.05, 4.69) is 27.1 Å². The predicted octanol–water partition coefficient (Wildman–Crippen LogP) is 0.974. The van der Waals surface area contributed by atoms with Crippen LogP contribution in [0.4, 0.5) is 11.5 Å². The number of rotatable bonds is 3. The fourth-order valence-corrected chi connectivity index (χ4v) is 0.965. The van der Waals surface area contributed by atoms with Gasteiger partial charge in [-0.2, -0.15) is 0 Å². The van der Waals surface area contributed by atoms with Crippen molar-refractivity contribution in [2.45, 2.75) is 6.92 Å². The molecule has 1 rings (SSSR count). The largest absolute Gasteiger partial charge is 0.371 e. The molecule has 1 aromatic heterocycles. The molecule has 0 spiro atoms. The molecule has 0 fully saturated rings. The molecule has 0 amide bonds. The van der Waals surface area contributed by atoms with Crippen LogP contribution in [0.15, 0.2) is 12.5 Å². The third-order valence-electron chi connectivity index (χ3n) is 1.82. The fourth-order valence-electron chi connectivity index (χ4n) is 0.965. The van der Waals surface area contributed by atoms with Gasteiger partial charge in [0.15, 0.2) is 5.82 Å². The lowest BCUT2D eigenvalue weighted by molar-refractivity contribution is 0.951. The van der Waals surface area contributed by atoms with Gasteiger partial charge in [0, 0.05) is 20.6 Å². The minimum absolute atomic E-state index is 0.870. The van der Waals surface area contributed by atoms with Gasteiger partial charge in [0.2, 0.25) is 0 Å². The van der Waals surface area contributed by atoms with Crippen LogP contribution in [-0.4, -0.2) is 30.6 Å². The monoisotopic (exact) mass is 166 g/mol. The van der Waals surface area contributed by atoms with Gasteiger partial charge in [-0.3, -0.25) is 0 Å². The molecule has 0 saturated heterocycles. The summed E-state index contributed by atoms with van der Waals surface area (Å²) in [4.78, 5) is 10.2. The Morgan fingerprint density at radius 1 is 1.58 bits per heavy atom. The highest BCUT2D eigenvalue weighted by Gasteiger charge is 2.04. The Bertz CT molecular complexity index is 249. The number of nitrogens with zero attached hydrogens (tertiary/aromatic N) is 3. The molecular weight excluding hydrogens is 152 g/mol. The summed E-state index contributed by atoms with van der Waals surface area (Å²) in [5.41, 5.74) is 1.03. The fraction of sp³-hybridized carbons (Fsp3) is 0.500. The number of anilines is 2. The lowest BCUT2D eigenvalue weighted by Gasteiger charge is -2.18. The van der Waals surface area contributed by atoms with E-state index >= 15 is 0 Å². The lowest BCUT2D eigenvalue weighted by Crippen LogP contribution is -2.18. The minimum atomic E-state index is 0.870. The average molecular weight is 166 g/mol. The average Bonchev–Trinajstić information content (AvgIpc) is 2.16. The Morgan fingerprint density at radius 2 is 2.33 bits per heavy atom. The Hall–Kier alpha value is -1.32. The molecule has 1 N–H and O–H groups in total. The van der Waals surface area contributed by atoms with Crippen molar-refractivity contribution in [2.24, 2.45) is 0 Å². The first-order valence-electron chi connectivity index (χ1n) is 3.98. The summed E-state index contributed by atoms with van der Waals surface area (Å²) < 4.78 is 0. The van der Waals surface area contributed by atoms with Gasteiger partial charge >= 0.3 is 0 Å². The molecule has 0 radical (unpaired) electrons. The van der Waals surface area contributed by atoms with Crippen LogP contribution in [-0.2, 0) is 0 Å². The van der Waals surface area contributed by atoms with Crippen LogP contribution in [0, 0.1) is 0 Å². The van der Waals surface area contributed by atoms with E-state index in [1.165, 1.54) is 0 Å². The van der Waals surface area contributed by atoms with E-state index in [1.807, 2.05) is 20.3 Å². The molecule has 0 aliphatic carbocycles. The molecule has 12 heavy (non-hydrogen) atoms. The zero-order valence-electron chi connectivity index (χ0n) is 7.70. The zero-order chi connectivity index (χ0) is 8.97. The molecule has 0 aromatic carbocycles. The van der Waals surface area contributed by atoms with Gasteiger partial charge in [-0.25, -0.2) is 9.97 Å². The Labute approximate surface area is 72.6 Å². The summed E-state index contributed by atoms with van der Waals surface area (Å²) in [6, 6.07) is 0. The van der Waals surface area contributed by atoms with Gasteiger partial charge in [-0.1, -0.05) is 0 Å². The molecule has 66 valence electrons. The smallest absolute Gasteiger partial charge is 0.152 e. The van der Waals surface area contributed by atoms with Crippen LogP contribution < -0.4 is 10.2 Å². The summed E-state index contributed by atoms with van der Waals surface area (Å²) in [5.74, 6) is 0.870. The molecule has 0 aliphatic rings. The first-order chi connectivity index (χ1) is 5.79. The summed E-state index contributed by atoms with van der Waals surface area (Å²) in [7, 11) is 3.87. The number of hydrogen-bond donors (Lipinski definition) is 1. The maximum atomic E-state index is 4.10. The normalized spacial score (nSPS) is 9.58. The van der Waals surface area contributed by atoms with Crippen LogP contribution in [0.1, 0.15) is 6.92 Å². The summed E-state index contributed by atoms with van der Waals surface area (Å²) in [6.45, 7) is 3.04. The van der Waals surface area contributed by atoms with E-state index in [0.717, 1.165) is 18.1 Å². The number of nitrogens with one attached hydrogen (secondary N) is 1. The maximum Gasteiger partial charge on any atom is 0.152 e. The molecule has 0 bridgehead atoms. The Kier molecular flexibility index (Phi) is 2.85. The first kappa shape index (κ1) is 8.77. The quantitative estimate of drug-likeness (QED) is 0.726. The molecule has 0 unspecified atom stereocenters. The van der Waals surface area contributed by atoms with Crippen molar-refractivity contribution in [3.63, 3.8) is 0 Å². The molecule has 4 heteroatoms. The van der Waals surface area contributed by atoms with Crippen molar-refractivity contribution in [3.05, 3.63) is 12.5 Å². The van der Waals surface area contributed by atoms with Crippen molar-refractivity contribution < 1.29 is 0 Å². The van der Waals surface area contributed by atoms with Gasteiger partial charge in [-0.15, -0.1) is 0 Å². The number of hydrogen-bond acceptors (Lipinski definition) is 4. The maximum absolute atomic E-state index is 4.10. The molecule has 0 aliphatic heterocycles. The molecule has 0 saturated carbocycles. The Balaban J connectivity index is 2.96. The molecular formula is C8H14N4. The van der Waals surface area contributed by atoms with E-state index in [1.54, 1.807) is 6.33 Å². The van der Waals surface area contributed by atoms with E-state index in [4.69, 9.17) is 0 Å². The highest BCUT2D eigenvalue weighted by atomic mass is 15.1. The first-order valence-corrected chi connectivity index (χ1v) is 3.98. The Morgan fingerprint density at radius 3 is 2.92 bits per heavy atom. The van der Waals surface area contributed by atoms with Crippen LogP contribution in [0.25, 0.3) is 0 Å². The van der Waals surface area contributed by atoms with Crippen LogP contribution >= 0.6 is 0 Å². The van der Waals surface area contributed by atoms with E-state index < -0.39 is 0 Å². The number of aromatic nitrogens is 2. The summed E-state index contributed by atoms with van der Waals surface area (Å²) >= 11 is 0. The minimum Gasteiger partial charge on any atom is -0.371 e. The summed E-state index contributed by atoms with van der Waals surface area (Å²) in [5, 5.41) is 3.02. The second-order valence-corrected chi connectivity index (χ2v) is 2.52. The van der Waals surface area contributed by atoms with Crippen molar-refractivity contribution in [3.8, 4) is 0 Å². The van der Waals surface area contributed by atoms with Crippen molar-refractivity contribution in [2.75, 3.05) is 30.9 Å². The highest BCUT2D eigenvalue weighted by molar-refractivity contribution is 5.63. The van der Waals surface area contributed by atoms with E-state index in [9.17, 15) is 0 Å². The molecule has 1 aromatic rings. The predicted molar refractivity (Wildman–Crippen MR) is 50.5 cm³/mol. The molecule has 4 nitrogen and oxygen atoms in total. The summed E-state index contributed by atoms with van der Waals surface area (Å²) in [6.07, 6.45) is 3.35. The van der Waals surface area contributed by atoms with Gasteiger partial charge in [0.25, 0.3) is 0 Å². The van der Waals surface area contributed by atoms with E-state index in [-0.39, 0.29) is 0 Å². The third kappa shape index (κ3) is 1.64. The van der Waals surface area contributed by atoms with Crippen LogP contribution in [0.5, 0.6) is 0 Å². The van der Waals surface area contributed by atoms with Gasteiger partial charge in [-0.05, 0) is 6.92 Å². The SMILES string of the molecule is CCN(C)c1cncnc1NC. The van der Waals surface area contributed by atoms with Crippen molar-refractivity contribution in [1.29, 1.82) is 0 Å². The molecule has 1 heterocycles. The second kappa shape index (κ2) is 3.90.